The zero-order valence-electron chi connectivity index (χ0n) is 11.7. The average molecular weight is 253 g/mol. The highest BCUT2D eigenvalue weighted by Gasteiger charge is 2.04. The number of rotatable bonds is 6. The molecule has 1 nitrogen and oxygen atoms in total. The third-order valence-corrected chi connectivity index (χ3v) is 3.57. The molecule has 2 aromatic rings. The summed E-state index contributed by atoms with van der Waals surface area (Å²) in [6.45, 7) is 2.33. The smallest absolute Gasteiger partial charge is 0.0314 e. The summed E-state index contributed by atoms with van der Waals surface area (Å²) in [4.78, 5) is 0. The third-order valence-electron chi connectivity index (χ3n) is 3.57. The van der Waals surface area contributed by atoms with E-state index >= 15 is 0 Å². The molecule has 1 unspecified atom stereocenters. The number of anilines is 1. The molecule has 0 heterocycles. The maximum Gasteiger partial charge on any atom is 0.0314 e. The first-order chi connectivity index (χ1) is 9.24. The Morgan fingerprint density at radius 3 is 2.26 bits per heavy atom. The summed E-state index contributed by atoms with van der Waals surface area (Å²) in [7, 11) is 0. The summed E-state index contributed by atoms with van der Waals surface area (Å²) in [6.07, 6.45) is 4.88. The molecule has 1 heteroatoms. The first kappa shape index (κ1) is 13.7. The highest BCUT2D eigenvalue weighted by molar-refractivity contribution is 5.39. The topological polar surface area (TPSA) is 26.0 Å². The Morgan fingerprint density at radius 1 is 0.895 bits per heavy atom. The molecule has 0 amide bonds. The van der Waals surface area contributed by atoms with Gasteiger partial charge >= 0.3 is 0 Å². The van der Waals surface area contributed by atoms with Gasteiger partial charge in [-0.15, -0.1) is 0 Å². The van der Waals surface area contributed by atoms with Crippen molar-refractivity contribution < 1.29 is 0 Å². The lowest BCUT2D eigenvalue weighted by molar-refractivity contribution is 0.508. The van der Waals surface area contributed by atoms with Crippen molar-refractivity contribution in [2.75, 3.05) is 5.73 Å². The van der Waals surface area contributed by atoms with Crippen molar-refractivity contribution in [2.45, 2.75) is 32.6 Å². The molecular formula is C18H23N. The minimum Gasteiger partial charge on any atom is -0.399 e. The number of hydrogen-bond acceptors (Lipinski definition) is 1. The Hall–Kier alpha value is -1.76. The summed E-state index contributed by atoms with van der Waals surface area (Å²) in [6, 6.07) is 19.0. The Balaban J connectivity index is 1.73. The van der Waals surface area contributed by atoms with Crippen molar-refractivity contribution >= 4 is 5.69 Å². The SMILES string of the molecule is CC(CCCc1ccccc1)Cc1ccc(N)cc1. The van der Waals surface area contributed by atoms with Gasteiger partial charge in [0.05, 0.1) is 0 Å². The molecule has 0 aliphatic heterocycles. The Morgan fingerprint density at radius 2 is 1.58 bits per heavy atom. The molecule has 0 aliphatic carbocycles. The minimum absolute atomic E-state index is 0.729. The predicted molar refractivity (Wildman–Crippen MR) is 83.1 cm³/mol. The second-order valence-electron chi connectivity index (χ2n) is 5.43. The predicted octanol–water partition coefficient (Wildman–Crippen LogP) is 4.47. The van der Waals surface area contributed by atoms with Gasteiger partial charge in [0, 0.05) is 5.69 Å². The fourth-order valence-corrected chi connectivity index (χ4v) is 2.46. The highest BCUT2D eigenvalue weighted by Crippen LogP contribution is 2.16. The molecule has 100 valence electrons. The van der Waals surface area contributed by atoms with Gasteiger partial charge in [0.2, 0.25) is 0 Å². The Bertz CT molecular complexity index is 473. The van der Waals surface area contributed by atoms with Crippen molar-refractivity contribution in [1.82, 2.24) is 0 Å². The van der Waals surface area contributed by atoms with Gasteiger partial charge in [0.1, 0.15) is 0 Å². The summed E-state index contributed by atoms with van der Waals surface area (Å²) in [5.41, 5.74) is 9.39. The fraction of sp³-hybridized carbons (Fsp3) is 0.333. The number of benzene rings is 2. The lowest BCUT2D eigenvalue weighted by Gasteiger charge is -2.11. The fourth-order valence-electron chi connectivity index (χ4n) is 2.46. The van der Waals surface area contributed by atoms with Crippen molar-refractivity contribution in [3.63, 3.8) is 0 Å². The van der Waals surface area contributed by atoms with Crippen LogP contribution in [0.25, 0.3) is 0 Å². The zero-order valence-corrected chi connectivity index (χ0v) is 11.7. The molecule has 0 saturated carbocycles. The number of nitrogen functional groups attached to an aromatic ring is 1. The van der Waals surface area contributed by atoms with Crippen LogP contribution in [0, 0.1) is 5.92 Å². The number of hydrogen-bond donors (Lipinski definition) is 1. The van der Waals surface area contributed by atoms with Crippen LogP contribution in [-0.2, 0) is 12.8 Å². The molecule has 1 atom stereocenters. The van der Waals surface area contributed by atoms with Gasteiger partial charge in [0.25, 0.3) is 0 Å². The van der Waals surface area contributed by atoms with E-state index < -0.39 is 0 Å². The molecule has 0 spiro atoms. The molecule has 19 heavy (non-hydrogen) atoms. The third kappa shape index (κ3) is 4.78. The van der Waals surface area contributed by atoms with Crippen molar-refractivity contribution in [3.05, 3.63) is 65.7 Å². The Labute approximate surface area is 116 Å². The van der Waals surface area contributed by atoms with Crippen molar-refractivity contribution in [2.24, 2.45) is 5.92 Å². The summed E-state index contributed by atoms with van der Waals surface area (Å²) >= 11 is 0. The highest BCUT2D eigenvalue weighted by atomic mass is 14.5. The van der Waals surface area contributed by atoms with E-state index in [1.54, 1.807) is 0 Å². The van der Waals surface area contributed by atoms with Crippen molar-refractivity contribution in [3.8, 4) is 0 Å². The van der Waals surface area contributed by atoms with Crippen LogP contribution in [0.5, 0.6) is 0 Å². The van der Waals surface area contributed by atoms with Crippen LogP contribution in [0.1, 0.15) is 30.9 Å². The van der Waals surface area contributed by atoms with Crippen LogP contribution in [0.3, 0.4) is 0 Å². The summed E-state index contributed by atoms with van der Waals surface area (Å²) in [5, 5.41) is 0. The van der Waals surface area contributed by atoms with Gasteiger partial charge < -0.3 is 5.73 Å². The summed E-state index contributed by atoms with van der Waals surface area (Å²) < 4.78 is 0. The van der Waals surface area contributed by atoms with Gasteiger partial charge in [-0.1, -0.05) is 55.8 Å². The van der Waals surface area contributed by atoms with E-state index in [4.69, 9.17) is 5.73 Å². The zero-order chi connectivity index (χ0) is 13.5. The van der Waals surface area contributed by atoms with Crippen LogP contribution < -0.4 is 5.73 Å². The molecule has 0 aliphatic rings. The van der Waals surface area contributed by atoms with E-state index in [1.807, 2.05) is 12.1 Å². The average Bonchev–Trinajstić information content (AvgIpc) is 2.43. The van der Waals surface area contributed by atoms with Gasteiger partial charge in [-0.25, -0.2) is 0 Å². The van der Waals surface area contributed by atoms with Gasteiger partial charge in [-0.2, -0.15) is 0 Å². The minimum atomic E-state index is 0.729. The second-order valence-corrected chi connectivity index (χ2v) is 5.43. The first-order valence-electron chi connectivity index (χ1n) is 7.12. The molecule has 0 radical (unpaired) electrons. The first-order valence-corrected chi connectivity index (χ1v) is 7.12. The molecule has 0 aromatic heterocycles. The van der Waals surface area contributed by atoms with E-state index in [0.717, 1.165) is 18.0 Å². The van der Waals surface area contributed by atoms with E-state index in [0.29, 0.717) is 0 Å². The van der Waals surface area contributed by atoms with Crippen LogP contribution >= 0.6 is 0 Å². The number of nitrogens with two attached hydrogens (primary N) is 1. The number of aryl methyl sites for hydroxylation is 1. The van der Waals surface area contributed by atoms with Gasteiger partial charge in [0.15, 0.2) is 0 Å². The molecule has 0 saturated heterocycles. The molecule has 2 aromatic carbocycles. The lowest BCUT2D eigenvalue weighted by Crippen LogP contribution is -2.01. The van der Waals surface area contributed by atoms with Crippen LogP contribution in [0.2, 0.25) is 0 Å². The Kier molecular flexibility index (Phi) is 5.02. The van der Waals surface area contributed by atoms with E-state index in [1.165, 1.54) is 30.4 Å². The van der Waals surface area contributed by atoms with Crippen molar-refractivity contribution in [1.29, 1.82) is 0 Å². The normalized spacial score (nSPS) is 12.3. The quantitative estimate of drug-likeness (QED) is 0.755. The van der Waals surface area contributed by atoms with Crippen LogP contribution in [0.4, 0.5) is 5.69 Å². The van der Waals surface area contributed by atoms with Gasteiger partial charge in [-0.05, 0) is 48.4 Å². The standard InChI is InChI=1S/C18H23N/c1-15(14-17-10-12-18(19)13-11-17)6-5-9-16-7-3-2-4-8-16/h2-4,7-8,10-13,15H,5-6,9,14,19H2,1H3. The maximum absolute atomic E-state index is 5.70. The molecule has 2 rings (SSSR count). The van der Waals surface area contributed by atoms with Gasteiger partial charge in [-0.3, -0.25) is 0 Å². The van der Waals surface area contributed by atoms with Crippen LogP contribution in [0.15, 0.2) is 54.6 Å². The molecule has 0 bridgehead atoms. The summed E-state index contributed by atoms with van der Waals surface area (Å²) in [5.74, 6) is 0.729. The molecular weight excluding hydrogens is 230 g/mol. The van der Waals surface area contributed by atoms with E-state index in [9.17, 15) is 0 Å². The molecule has 0 fully saturated rings. The van der Waals surface area contributed by atoms with E-state index in [2.05, 4.69) is 49.4 Å². The second kappa shape index (κ2) is 6.98. The maximum atomic E-state index is 5.70. The van der Waals surface area contributed by atoms with E-state index in [-0.39, 0.29) is 0 Å². The van der Waals surface area contributed by atoms with Crippen LogP contribution in [-0.4, -0.2) is 0 Å². The monoisotopic (exact) mass is 253 g/mol. The lowest BCUT2D eigenvalue weighted by atomic mass is 9.94. The molecule has 2 N–H and O–H groups in total. The largest absolute Gasteiger partial charge is 0.399 e.